The Morgan fingerprint density at radius 3 is 2.61 bits per heavy atom. The van der Waals surface area contributed by atoms with Crippen molar-refractivity contribution < 1.29 is 24.3 Å². The summed E-state index contributed by atoms with van der Waals surface area (Å²) in [6.07, 6.45) is 3.37. The van der Waals surface area contributed by atoms with Gasteiger partial charge in [0.25, 0.3) is 11.8 Å². The van der Waals surface area contributed by atoms with E-state index in [2.05, 4.69) is 5.32 Å². The molecule has 0 aromatic heterocycles. The second kappa shape index (κ2) is 5.77. The minimum absolute atomic E-state index is 0.0916. The largest absolute Gasteiger partial charge is 0.392 e. The second-order valence-corrected chi connectivity index (χ2v) is 5.34. The molecule has 2 aliphatic heterocycles. The van der Waals surface area contributed by atoms with E-state index in [1.54, 1.807) is 18.2 Å². The van der Waals surface area contributed by atoms with Crippen LogP contribution in [0.5, 0.6) is 0 Å². The zero-order valence-electron chi connectivity index (χ0n) is 12.1. The molecule has 3 rings (SSSR count). The summed E-state index contributed by atoms with van der Waals surface area (Å²) >= 11 is 0. The lowest BCUT2D eigenvalue weighted by molar-refractivity contribution is -0.136. The zero-order chi connectivity index (χ0) is 16.6. The number of carbonyl (C=O) groups excluding carboxylic acids is 4. The van der Waals surface area contributed by atoms with Crippen LogP contribution in [-0.4, -0.2) is 46.3 Å². The molecule has 1 atom stereocenters. The Morgan fingerprint density at radius 2 is 1.91 bits per heavy atom. The smallest absolute Gasteiger partial charge is 0.262 e. The van der Waals surface area contributed by atoms with Gasteiger partial charge in [-0.2, -0.15) is 0 Å². The summed E-state index contributed by atoms with van der Waals surface area (Å²) in [6, 6.07) is 3.77. The molecular formula is C16H14N2O5. The molecule has 2 N–H and O–H groups in total. The van der Waals surface area contributed by atoms with Crippen LogP contribution in [0, 0.1) is 0 Å². The molecule has 0 bridgehead atoms. The Morgan fingerprint density at radius 1 is 1.17 bits per heavy atom. The van der Waals surface area contributed by atoms with Gasteiger partial charge in [0, 0.05) is 6.42 Å². The van der Waals surface area contributed by atoms with E-state index >= 15 is 0 Å². The van der Waals surface area contributed by atoms with Crippen molar-refractivity contribution in [1.82, 2.24) is 10.2 Å². The number of fused-ring (bicyclic) bond motifs is 1. The van der Waals surface area contributed by atoms with E-state index in [1.807, 2.05) is 0 Å². The number of aliphatic hydroxyl groups is 1. The van der Waals surface area contributed by atoms with Crippen LogP contribution in [0.2, 0.25) is 0 Å². The maximum atomic E-state index is 12.5. The summed E-state index contributed by atoms with van der Waals surface area (Å²) in [5, 5.41) is 10.9. The quantitative estimate of drug-likeness (QED) is 0.770. The van der Waals surface area contributed by atoms with Crippen LogP contribution in [-0.2, 0) is 9.59 Å². The summed E-state index contributed by atoms with van der Waals surface area (Å²) in [7, 11) is 0. The summed E-state index contributed by atoms with van der Waals surface area (Å²) in [4.78, 5) is 49.0. The topological polar surface area (TPSA) is 104 Å². The van der Waals surface area contributed by atoms with Crippen LogP contribution in [0.3, 0.4) is 0 Å². The van der Waals surface area contributed by atoms with Crippen LogP contribution in [0.15, 0.2) is 24.3 Å². The molecule has 7 heteroatoms. The predicted molar refractivity (Wildman–Crippen MR) is 79.2 cm³/mol. The summed E-state index contributed by atoms with van der Waals surface area (Å²) in [5.41, 5.74) is 1.13. The van der Waals surface area contributed by atoms with Gasteiger partial charge in [-0.1, -0.05) is 18.2 Å². The van der Waals surface area contributed by atoms with Crippen LogP contribution in [0.4, 0.5) is 0 Å². The summed E-state index contributed by atoms with van der Waals surface area (Å²) in [5.74, 6) is -2.11. The normalized spacial score (nSPS) is 21.1. The number of nitrogens with one attached hydrogen (secondary N) is 1. The van der Waals surface area contributed by atoms with Crippen molar-refractivity contribution in [3.63, 3.8) is 0 Å². The first-order valence-electron chi connectivity index (χ1n) is 7.16. The molecule has 1 saturated heterocycles. The lowest BCUT2D eigenvalue weighted by Crippen LogP contribution is -2.54. The van der Waals surface area contributed by atoms with E-state index in [0.717, 1.165) is 4.90 Å². The number of hydrogen-bond donors (Lipinski definition) is 2. The molecule has 0 saturated carbocycles. The third-order valence-electron chi connectivity index (χ3n) is 3.88. The highest BCUT2D eigenvalue weighted by Crippen LogP contribution is 2.28. The van der Waals surface area contributed by atoms with Gasteiger partial charge >= 0.3 is 0 Å². The lowest BCUT2D eigenvalue weighted by atomic mass is 10.0. The Balaban J connectivity index is 1.93. The van der Waals surface area contributed by atoms with Gasteiger partial charge in [0.2, 0.25) is 11.8 Å². The van der Waals surface area contributed by atoms with Gasteiger partial charge < -0.3 is 5.11 Å². The predicted octanol–water partition coefficient (Wildman–Crippen LogP) is 0.0933. The number of aliphatic hydroxyl groups excluding tert-OH is 1. The zero-order valence-corrected chi connectivity index (χ0v) is 12.1. The number of imide groups is 2. The van der Waals surface area contributed by atoms with Gasteiger partial charge in [-0.15, -0.1) is 0 Å². The first-order chi connectivity index (χ1) is 11.0. The van der Waals surface area contributed by atoms with Crippen LogP contribution in [0.25, 0.3) is 6.08 Å². The van der Waals surface area contributed by atoms with Crippen LogP contribution in [0.1, 0.15) is 39.1 Å². The van der Waals surface area contributed by atoms with Crippen molar-refractivity contribution in [2.24, 2.45) is 0 Å². The fourth-order valence-electron chi connectivity index (χ4n) is 2.78. The number of hydrogen-bond acceptors (Lipinski definition) is 5. The second-order valence-electron chi connectivity index (χ2n) is 5.34. The minimum atomic E-state index is -0.962. The maximum absolute atomic E-state index is 12.5. The van der Waals surface area contributed by atoms with Crippen LogP contribution < -0.4 is 5.32 Å². The molecule has 4 amide bonds. The van der Waals surface area contributed by atoms with E-state index in [1.165, 1.54) is 12.1 Å². The standard InChI is InChI=1S/C16H14N2O5/c19-7-1-2-9-3-4-10-11(8-9)16(23)18(15(10)22)12-5-6-13(20)17-14(12)21/h1-4,8,12,19H,5-7H2,(H,17,20,21)/b2-1+. The molecule has 2 heterocycles. The molecule has 1 fully saturated rings. The first kappa shape index (κ1) is 15.1. The number of benzene rings is 1. The van der Waals surface area contributed by atoms with Crippen molar-refractivity contribution in [2.45, 2.75) is 18.9 Å². The molecule has 23 heavy (non-hydrogen) atoms. The van der Waals surface area contributed by atoms with Crippen molar-refractivity contribution in [3.05, 3.63) is 41.0 Å². The summed E-state index contributed by atoms with van der Waals surface area (Å²) < 4.78 is 0. The Labute approximate surface area is 131 Å². The highest BCUT2D eigenvalue weighted by atomic mass is 16.2. The first-order valence-corrected chi connectivity index (χ1v) is 7.16. The molecule has 7 nitrogen and oxygen atoms in total. The fourth-order valence-corrected chi connectivity index (χ4v) is 2.78. The maximum Gasteiger partial charge on any atom is 0.262 e. The van der Waals surface area contributed by atoms with Crippen LogP contribution >= 0.6 is 0 Å². The molecule has 2 aliphatic rings. The van der Waals surface area contributed by atoms with Gasteiger partial charge in [-0.25, -0.2) is 0 Å². The fraction of sp³-hybridized carbons (Fsp3) is 0.250. The van der Waals surface area contributed by atoms with E-state index in [4.69, 9.17) is 5.11 Å². The number of nitrogens with zero attached hydrogens (tertiary/aromatic N) is 1. The minimum Gasteiger partial charge on any atom is -0.392 e. The Bertz CT molecular complexity index is 753. The van der Waals surface area contributed by atoms with Gasteiger partial charge in [0.1, 0.15) is 6.04 Å². The summed E-state index contributed by atoms with van der Waals surface area (Å²) in [6.45, 7) is -0.133. The number of rotatable bonds is 3. The lowest BCUT2D eigenvalue weighted by Gasteiger charge is -2.27. The molecular weight excluding hydrogens is 300 g/mol. The van der Waals surface area contributed by atoms with E-state index in [9.17, 15) is 19.2 Å². The van der Waals surface area contributed by atoms with E-state index in [-0.39, 0.29) is 30.6 Å². The molecule has 1 aromatic carbocycles. The van der Waals surface area contributed by atoms with Crippen molar-refractivity contribution in [2.75, 3.05) is 6.61 Å². The Kier molecular flexibility index (Phi) is 3.79. The van der Waals surface area contributed by atoms with E-state index < -0.39 is 29.7 Å². The Hall–Kier alpha value is -2.80. The van der Waals surface area contributed by atoms with Gasteiger partial charge in [-0.3, -0.25) is 29.4 Å². The SMILES string of the molecule is O=C1CCC(N2C(=O)c3ccc(/C=C/CO)cc3C2=O)C(=O)N1. The third-order valence-corrected chi connectivity index (χ3v) is 3.88. The highest BCUT2D eigenvalue weighted by molar-refractivity contribution is 6.23. The number of carbonyl (C=O) groups is 4. The third kappa shape index (κ3) is 2.55. The molecule has 0 spiro atoms. The van der Waals surface area contributed by atoms with Crippen molar-refractivity contribution in [3.8, 4) is 0 Å². The molecule has 0 aliphatic carbocycles. The van der Waals surface area contributed by atoms with Crippen molar-refractivity contribution >= 4 is 29.7 Å². The monoisotopic (exact) mass is 314 g/mol. The average Bonchev–Trinajstić information content (AvgIpc) is 2.77. The molecule has 0 radical (unpaired) electrons. The van der Waals surface area contributed by atoms with E-state index in [0.29, 0.717) is 5.56 Å². The van der Waals surface area contributed by atoms with Gasteiger partial charge in [0.15, 0.2) is 0 Å². The molecule has 1 aromatic rings. The van der Waals surface area contributed by atoms with Gasteiger partial charge in [0.05, 0.1) is 17.7 Å². The molecule has 118 valence electrons. The van der Waals surface area contributed by atoms with Gasteiger partial charge in [-0.05, 0) is 24.1 Å². The van der Waals surface area contributed by atoms with Crippen molar-refractivity contribution in [1.29, 1.82) is 0 Å². The number of piperidine rings is 1. The highest BCUT2D eigenvalue weighted by Gasteiger charge is 2.44. The molecule has 1 unspecified atom stereocenters. The number of amides is 4. The average molecular weight is 314 g/mol.